The number of esters is 1. The van der Waals surface area contributed by atoms with Crippen LogP contribution in [0, 0.1) is 6.92 Å². The van der Waals surface area contributed by atoms with Crippen LogP contribution in [0.1, 0.15) is 34.3 Å². The maximum Gasteiger partial charge on any atom is 0.305 e. The van der Waals surface area contributed by atoms with Crippen LogP contribution in [0.2, 0.25) is 0 Å². The van der Waals surface area contributed by atoms with Crippen LogP contribution in [-0.4, -0.2) is 35.3 Å². The van der Waals surface area contributed by atoms with Gasteiger partial charge in [-0.25, -0.2) is 0 Å². The van der Waals surface area contributed by atoms with Crippen molar-refractivity contribution in [3.63, 3.8) is 0 Å². The van der Waals surface area contributed by atoms with E-state index in [1.54, 1.807) is 10.9 Å². The van der Waals surface area contributed by atoms with Crippen molar-refractivity contribution in [1.82, 2.24) is 15.1 Å². The second-order valence-electron chi connectivity index (χ2n) is 6.88. The van der Waals surface area contributed by atoms with E-state index >= 15 is 0 Å². The number of nitrogens with zero attached hydrogens (tertiary/aromatic N) is 2. The molecule has 1 heterocycles. The van der Waals surface area contributed by atoms with Crippen molar-refractivity contribution in [3.05, 3.63) is 77.5 Å². The molecule has 6 nitrogen and oxygen atoms in total. The number of aryl methyl sites for hydroxylation is 1. The zero-order chi connectivity index (χ0) is 20.6. The van der Waals surface area contributed by atoms with E-state index in [4.69, 9.17) is 0 Å². The van der Waals surface area contributed by atoms with Crippen LogP contribution in [0.3, 0.4) is 0 Å². The van der Waals surface area contributed by atoms with Crippen LogP contribution in [0.15, 0.2) is 60.8 Å². The summed E-state index contributed by atoms with van der Waals surface area (Å²) in [4.78, 5) is 24.0. The number of carbonyl (C=O) groups excluding carboxylic acids is 2. The minimum atomic E-state index is -0.282. The predicted octanol–water partition coefficient (Wildman–Crippen LogP) is 3.59. The average Bonchev–Trinajstić information content (AvgIpc) is 3.16. The molecule has 0 aliphatic rings. The average molecular weight is 391 g/mol. The molecule has 1 amide bonds. The number of hydrogen-bond donors (Lipinski definition) is 1. The molecular weight excluding hydrogens is 366 g/mol. The fraction of sp³-hybridized carbons (Fsp3) is 0.261. The molecule has 0 bridgehead atoms. The standard InChI is InChI=1S/C23H25N3O3/c1-17-10-12-19(13-11-17)22-20(23(28)24-14-6-9-21(27)29-2)16-26(25-22)15-18-7-4-3-5-8-18/h3-5,7-8,10-13,16H,6,9,14-15H2,1-2H3,(H,24,28). The maximum atomic E-state index is 12.8. The highest BCUT2D eigenvalue weighted by atomic mass is 16.5. The van der Waals surface area contributed by atoms with Gasteiger partial charge in [0, 0.05) is 24.7 Å². The third kappa shape index (κ3) is 5.54. The van der Waals surface area contributed by atoms with Crippen LogP contribution in [-0.2, 0) is 16.1 Å². The molecule has 0 fully saturated rings. The van der Waals surface area contributed by atoms with Crippen LogP contribution in [0.25, 0.3) is 11.3 Å². The third-order valence-electron chi connectivity index (χ3n) is 4.59. The van der Waals surface area contributed by atoms with Gasteiger partial charge in [-0.15, -0.1) is 0 Å². The zero-order valence-electron chi connectivity index (χ0n) is 16.7. The first-order valence-electron chi connectivity index (χ1n) is 9.60. The van der Waals surface area contributed by atoms with Crippen molar-refractivity contribution < 1.29 is 14.3 Å². The van der Waals surface area contributed by atoms with Crippen LogP contribution in [0.5, 0.6) is 0 Å². The van der Waals surface area contributed by atoms with Gasteiger partial charge in [0.2, 0.25) is 0 Å². The number of nitrogens with one attached hydrogen (secondary N) is 1. The lowest BCUT2D eigenvalue weighted by molar-refractivity contribution is -0.140. The Balaban J connectivity index is 1.80. The number of aromatic nitrogens is 2. The van der Waals surface area contributed by atoms with Crippen molar-refractivity contribution in [1.29, 1.82) is 0 Å². The van der Waals surface area contributed by atoms with Gasteiger partial charge in [-0.1, -0.05) is 60.2 Å². The van der Waals surface area contributed by atoms with E-state index in [0.717, 1.165) is 16.7 Å². The molecule has 0 spiro atoms. The van der Waals surface area contributed by atoms with Gasteiger partial charge in [0.15, 0.2) is 0 Å². The summed E-state index contributed by atoms with van der Waals surface area (Å²) in [5.74, 6) is -0.486. The number of rotatable bonds is 8. The van der Waals surface area contributed by atoms with Crippen LogP contribution in [0.4, 0.5) is 0 Å². The monoisotopic (exact) mass is 391 g/mol. The van der Waals surface area contributed by atoms with E-state index < -0.39 is 0 Å². The van der Waals surface area contributed by atoms with E-state index in [1.165, 1.54) is 7.11 Å². The summed E-state index contributed by atoms with van der Waals surface area (Å²) in [6.07, 6.45) is 2.57. The molecule has 6 heteroatoms. The highest BCUT2D eigenvalue weighted by Crippen LogP contribution is 2.23. The Morgan fingerprint density at radius 1 is 1.07 bits per heavy atom. The molecule has 0 saturated carbocycles. The van der Waals surface area contributed by atoms with E-state index in [9.17, 15) is 9.59 Å². The Hall–Kier alpha value is -3.41. The SMILES string of the molecule is COC(=O)CCCNC(=O)c1cn(Cc2ccccc2)nc1-c1ccc(C)cc1. The molecule has 3 aromatic rings. The van der Waals surface area contributed by atoms with Crippen molar-refractivity contribution in [3.8, 4) is 11.3 Å². The van der Waals surface area contributed by atoms with Gasteiger partial charge < -0.3 is 10.1 Å². The summed E-state index contributed by atoms with van der Waals surface area (Å²) in [5, 5.41) is 7.56. The lowest BCUT2D eigenvalue weighted by Gasteiger charge is -2.05. The van der Waals surface area contributed by atoms with Crippen LogP contribution < -0.4 is 5.32 Å². The Morgan fingerprint density at radius 3 is 2.48 bits per heavy atom. The highest BCUT2D eigenvalue weighted by molar-refractivity contribution is 5.99. The fourth-order valence-electron chi connectivity index (χ4n) is 3.00. The van der Waals surface area contributed by atoms with Crippen molar-refractivity contribution in [2.24, 2.45) is 0 Å². The fourth-order valence-corrected chi connectivity index (χ4v) is 3.00. The second kappa shape index (κ2) is 9.68. The summed E-state index contributed by atoms with van der Waals surface area (Å²) in [6.45, 7) is 2.99. The first kappa shape index (κ1) is 20.3. The molecule has 0 saturated heterocycles. The van der Waals surface area contributed by atoms with Crippen molar-refractivity contribution in [2.75, 3.05) is 13.7 Å². The summed E-state index contributed by atoms with van der Waals surface area (Å²) in [7, 11) is 1.36. The number of ether oxygens (including phenoxy) is 1. The van der Waals surface area contributed by atoms with Gasteiger partial charge in [-0.2, -0.15) is 5.10 Å². The summed E-state index contributed by atoms with van der Waals surface area (Å²) >= 11 is 0. The molecule has 0 atom stereocenters. The van der Waals surface area contributed by atoms with Gasteiger partial charge in [0.25, 0.3) is 5.91 Å². The van der Waals surface area contributed by atoms with Gasteiger partial charge in [0.05, 0.1) is 19.2 Å². The maximum absolute atomic E-state index is 12.8. The number of hydrogen-bond acceptors (Lipinski definition) is 4. The Labute approximate surface area is 170 Å². The lowest BCUT2D eigenvalue weighted by atomic mass is 10.1. The van der Waals surface area contributed by atoms with Crippen molar-refractivity contribution in [2.45, 2.75) is 26.3 Å². The lowest BCUT2D eigenvalue weighted by Crippen LogP contribution is -2.25. The Kier molecular flexibility index (Phi) is 6.79. The number of carbonyl (C=O) groups is 2. The first-order chi connectivity index (χ1) is 14.1. The molecule has 1 aromatic heterocycles. The molecule has 3 rings (SSSR count). The molecule has 29 heavy (non-hydrogen) atoms. The number of benzene rings is 2. The van der Waals surface area contributed by atoms with Gasteiger partial charge in [-0.3, -0.25) is 14.3 Å². The third-order valence-corrected chi connectivity index (χ3v) is 4.59. The first-order valence-corrected chi connectivity index (χ1v) is 9.60. The van der Waals surface area contributed by atoms with E-state index in [1.807, 2.05) is 61.5 Å². The molecule has 0 radical (unpaired) electrons. The summed E-state index contributed by atoms with van der Waals surface area (Å²) < 4.78 is 6.41. The molecule has 0 aliphatic heterocycles. The van der Waals surface area contributed by atoms with Gasteiger partial charge >= 0.3 is 5.97 Å². The number of amides is 1. The second-order valence-corrected chi connectivity index (χ2v) is 6.88. The van der Waals surface area contributed by atoms with Gasteiger partial charge in [-0.05, 0) is 18.9 Å². The zero-order valence-corrected chi connectivity index (χ0v) is 16.7. The molecule has 0 unspecified atom stereocenters. The Bertz CT molecular complexity index is 963. The quantitative estimate of drug-likeness (QED) is 0.470. The Morgan fingerprint density at radius 2 is 1.79 bits per heavy atom. The largest absolute Gasteiger partial charge is 0.469 e. The molecule has 0 aliphatic carbocycles. The molecular formula is C23H25N3O3. The van der Waals surface area contributed by atoms with E-state index in [0.29, 0.717) is 30.8 Å². The van der Waals surface area contributed by atoms with Crippen LogP contribution >= 0.6 is 0 Å². The summed E-state index contributed by atoms with van der Waals surface area (Å²) in [6, 6.07) is 17.9. The van der Waals surface area contributed by atoms with E-state index in [2.05, 4.69) is 15.2 Å². The normalized spacial score (nSPS) is 10.6. The molecule has 2 aromatic carbocycles. The molecule has 150 valence electrons. The highest BCUT2D eigenvalue weighted by Gasteiger charge is 2.18. The summed E-state index contributed by atoms with van der Waals surface area (Å²) in [5.41, 5.74) is 4.30. The van der Waals surface area contributed by atoms with Crippen molar-refractivity contribution >= 4 is 11.9 Å². The topological polar surface area (TPSA) is 73.2 Å². The molecule has 1 N–H and O–H groups in total. The number of methoxy groups -OCH3 is 1. The minimum absolute atomic E-state index is 0.204. The minimum Gasteiger partial charge on any atom is -0.469 e. The smallest absolute Gasteiger partial charge is 0.305 e. The van der Waals surface area contributed by atoms with E-state index in [-0.39, 0.29) is 18.3 Å². The predicted molar refractivity (Wildman–Crippen MR) is 112 cm³/mol. The van der Waals surface area contributed by atoms with Gasteiger partial charge in [0.1, 0.15) is 5.69 Å².